The maximum absolute atomic E-state index is 13.5. The standard InChI is InChI=1S/C31H25N7O/c1-20-28(30-32-15-8-16-38(30)36-20)31(39)34-21(2)29-26(23-9-5-4-6-10-23)17-25-24(11-7-12-27(25)35-29)14-13-22-18-33-37(3)19-22/h4-12,15-19,21H,1-3H3,(H,34,39). The van der Waals surface area contributed by atoms with Gasteiger partial charge in [-0.25, -0.2) is 14.5 Å². The fourth-order valence-corrected chi connectivity index (χ4v) is 4.72. The lowest BCUT2D eigenvalue weighted by molar-refractivity contribution is 0.0940. The van der Waals surface area contributed by atoms with Crippen LogP contribution in [0.1, 0.15) is 45.8 Å². The van der Waals surface area contributed by atoms with Crippen LogP contribution in [0.3, 0.4) is 0 Å². The van der Waals surface area contributed by atoms with E-state index in [0.717, 1.165) is 38.9 Å². The number of amides is 1. The Hall–Kier alpha value is -5.29. The van der Waals surface area contributed by atoms with Crippen molar-refractivity contribution in [1.29, 1.82) is 0 Å². The van der Waals surface area contributed by atoms with Gasteiger partial charge in [0.25, 0.3) is 5.91 Å². The first kappa shape index (κ1) is 24.1. The normalized spacial score (nSPS) is 11.8. The minimum Gasteiger partial charge on any atom is -0.344 e. The Balaban J connectivity index is 1.43. The number of carbonyl (C=O) groups excluding carboxylic acids is 1. The molecular formula is C31H25N7O. The summed E-state index contributed by atoms with van der Waals surface area (Å²) in [5.74, 6) is 6.24. The summed E-state index contributed by atoms with van der Waals surface area (Å²) in [6.07, 6.45) is 7.07. The van der Waals surface area contributed by atoms with Gasteiger partial charge in [-0.15, -0.1) is 0 Å². The summed E-state index contributed by atoms with van der Waals surface area (Å²) in [4.78, 5) is 22.9. The van der Waals surface area contributed by atoms with Crippen LogP contribution in [0.2, 0.25) is 0 Å². The molecule has 8 nitrogen and oxygen atoms in total. The van der Waals surface area contributed by atoms with Gasteiger partial charge in [-0.1, -0.05) is 48.2 Å². The molecule has 1 unspecified atom stereocenters. The molecule has 1 atom stereocenters. The molecule has 1 N–H and O–H groups in total. The number of hydrogen-bond donors (Lipinski definition) is 1. The monoisotopic (exact) mass is 511 g/mol. The highest BCUT2D eigenvalue weighted by molar-refractivity contribution is 6.01. The average molecular weight is 512 g/mol. The second-order valence-corrected chi connectivity index (χ2v) is 9.36. The van der Waals surface area contributed by atoms with Crippen LogP contribution >= 0.6 is 0 Å². The molecule has 0 aliphatic carbocycles. The molecule has 0 fully saturated rings. The predicted molar refractivity (Wildman–Crippen MR) is 150 cm³/mol. The van der Waals surface area contributed by atoms with Gasteiger partial charge in [0, 0.05) is 42.2 Å². The number of hydrogen-bond acceptors (Lipinski definition) is 5. The van der Waals surface area contributed by atoms with E-state index in [-0.39, 0.29) is 11.9 Å². The van der Waals surface area contributed by atoms with Crippen molar-refractivity contribution < 1.29 is 4.79 Å². The molecule has 0 saturated heterocycles. The van der Waals surface area contributed by atoms with Crippen molar-refractivity contribution in [3.05, 3.63) is 114 Å². The van der Waals surface area contributed by atoms with E-state index >= 15 is 0 Å². The summed E-state index contributed by atoms with van der Waals surface area (Å²) in [5, 5.41) is 12.7. The first-order valence-corrected chi connectivity index (χ1v) is 12.6. The van der Waals surface area contributed by atoms with Crippen molar-refractivity contribution in [2.24, 2.45) is 7.05 Å². The summed E-state index contributed by atoms with van der Waals surface area (Å²) in [7, 11) is 1.87. The highest BCUT2D eigenvalue weighted by Crippen LogP contribution is 2.32. The van der Waals surface area contributed by atoms with Crippen LogP contribution in [0.4, 0.5) is 0 Å². The zero-order valence-electron chi connectivity index (χ0n) is 21.8. The highest BCUT2D eigenvalue weighted by atomic mass is 16.1. The zero-order valence-corrected chi connectivity index (χ0v) is 21.8. The second kappa shape index (κ2) is 9.88. The summed E-state index contributed by atoms with van der Waals surface area (Å²) in [5.41, 5.74) is 6.81. The SMILES string of the molecule is Cc1nn2cccnc2c1C(=O)NC(C)c1nc2cccc(C#Cc3cnn(C)c3)c2cc1-c1ccccc1. The third-order valence-electron chi connectivity index (χ3n) is 6.57. The van der Waals surface area contributed by atoms with Gasteiger partial charge < -0.3 is 5.32 Å². The molecule has 6 aromatic rings. The lowest BCUT2D eigenvalue weighted by Crippen LogP contribution is -2.28. The third kappa shape index (κ3) is 4.62. The molecule has 0 spiro atoms. The zero-order chi connectivity index (χ0) is 26.9. The summed E-state index contributed by atoms with van der Waals surface area (Å²) >= 11 is 0. The van der Waals surface area contributed by atoms with Crippen LogP contribution < -0.4 is 5.32 Å². The number of rotatable bonds is 4. The number of fused-ring (bicyclic) bond motifs is 2. The Morgan fingerprint density at radius 1 is 1.05 bits per heavy atom. The van der Waals surface area contributed by atoms with E-state index in [1.165, 1.54) is 0 Å². The number of benzene rings is 2. The quantitative estimate of drug-likeness (QED) is 0.341. The van der Waals surface area contributed by atoms with Crippen LogP contribution in [0.25, 0.3) is 27.7 Å². The van der Waals surface area contributed by atoms with Gasteiger partial charge in [0.1, 0.15) is 5.56 Å². The predicted octanol–water partition coefficient (Wildman–Crippen LogP) is 4.88. The van der Waals surface area contributed by atoms with Crippen molar-refractivity contribution in [3.8, 4) is 23.0 Å². The van der Waals surface area contributed by atoms with E-state index in [1.54, 1.807) is 33.9 Å². The molecular weight excluding hydrogens is 486 g/mol. The first-order valence-electron chi connectivity index (χ1n) is 12.6. The number of aryl methyl sites for hydroxylation is 2. The van der Waals surface area contributed by atoms with Crippen molar-refractivity contribution in [1.82, 2.24) is 34.7 Å². The van der Waals surface area contributed by atoms with Crippen LogP contribution in [0.5, 0.6) is 0 Å². The van der Waals surface area contributed by atoms with Crippen LogP contribution in [0.15, 0.2) is 85.5 Å². The van der Waals surface area contributed by atoms with E-state index in [1.807, 2.05) is 75.6 Å². The minimum absolute atomic E-state index is 0.245. The average Bonchev–Trinajstić information content (AvgIpc) is 3.52. The van der Waals surface area contributed by atoms with E-state index in [9.17, 15) is 4.79 Å². The number of nitrogens with zero attached hydrogens (tertiary/aromatic N) is 6. The molecule has 1 amide bonds. The molecule has 2 aromatic carbocycles. The molecule has 190 valence electrons. The minimum atomic E-state index is -0.389. The van der Waals surface area contributed by atoms with Crippen LogP contribution in [-0.4, -0.2) is 35.3 Å². The van der Waals surface area contributed by atoms with Crippen molar-refractivity contribution >= 4 is 22.5 Å². The lowest BCUT2D eigenvalue weighted by atomic mass is 9.96. The van der Waals surface area contributed by atoms with E-state index in [2.05, 4.69) is 38.4 Å². The van der Waals surface area contributed by atoms with Crippen LogP contribution in [0, 0.1) is 18.8 Å². The smallest absolute Gasteiger partial charge is 0.257 e. The molecule has 0 bridgehead atoms. The molecule has 0 aliphatic heterocycles. The van der Waals surface area contributed by atoms with Crippen molar-refractivity contribution in [2.75, 3.05) is 0 Å². The summed E-state index contributed by atoms with van der Waals surface area (Å²) in [6.45, 7) is 3.75. The highest BCUT2D eigenvalue weighted by Gasteiger charge is 2.23. The molecule has 0 saturated carbocycles. The second-order valence-electron chi connectivity index (χ2n) is 9.36. The fourth-order valence-electron chi connectivity index (χ4n) is 4.72. The van der Waals surface area contributed by atoms with E-state index < -0.39 is 0 Å². The molecule has 4 aromatic heterocycles. The lowest BCUT2D eigenvalue weighted by Gasteiger charge is -2.19. The maximum Gasteiger partial charge on any atom is 0.257 e. The van der Waals surface area contributed by atoms with Gasteiger partial charge in [0.2, 0.25) is 0 Å². The van der Waals surface area contributed by atoms with E-state index in [0.29, 0.717) is 16.9 Å². The number of carbonyl (C=O) groups is 1. The number of pyridine rings is 1. The molecule has 6 rings (SSSR count). The molecule has 4 heterocycles. The van der Waals surface area contributed by atoms with Gasteiger partial charge in [-0.3, -0.25) is 9.48 Å². The first-order chi connectivity index (χ1) is 19.0. The topological polar surface area (TPSA) is 90.0 Å². The molecule has 0 aliphatic rings. The molecule has 39 heavy (non-hydrogen) atoms. The van der Waals surface area contributed by atoms with Crippen molar-refractivity contribution in [3.63, 3.8) is 0 Å². The largest absolute Gasteiger partial charge is 0.344 e. The number of nitrogens with one attached hydrogen (secondary N) is 1. The molecule has 8 heteroatoms. The van der Waals surface area contributed by atoms with Gasteiger partial charge in [0.15, 0.2) is 5.65 Å². The Morgan fingerprint density at radius 2 is 1.90 bits per heavy atom. The fraction of sp³-hybridized carbons (Fsp3) is 0.129. The van der Waals surface area contributed by atoms with Gasteiger partial charge in [-0.05, 0) is 43.7 Å². The summed E-state index contributed by atoms with van der Waals surface area (Å²) in [6, 6.07) is 19.5. The van der Waals surface area contributed by atoms with Gasteiger partial charge >= 0.3 is 0 Å². The van der Waals surface area contributed by atoms with Crippen molar-refractivity contribution in [2.45, 2.75) is 19.9 Å². The summed E-state index contributed by atoms with van der Waals surface area (Å²) < 4.78 is 3.35. The molecule has 0 radical (unpaired) electrons. The van der Waals surface area contributed by atoms with Gasteiger partial charge in [-0.2, -0.15) is 10.2 Å². The van der Waals surface area contributed by atoms with E-state index in [4.69, 9.17) is 4.98 Å². The Bertz CT molecular complexity index is 1910. The third-order valence-corrected chi connectivity index (χ3v) is 6.57. The Kier molecular flexibility index (Phi) is 6.10. The van der Waals surface area contributed by atoms with Gasteiger partial charge in [0.05, 0.1) is 34.7 Å². The maximum atomic E-state index is 13.5. The van der Waals surface area contributed by atoms with Crippen LogP contribution in [-0.2, 0) is 7.05 Å². The number of aromatic nitrogens is 6. The Morgan fingerprint density at radius 3 is 2.69 bits per heavy atom. The Labute approximate surface area is 225 Å².